The van der Waals surface area contributed by atoms with Gasteiger partial charge in [-0.2, -0.15) is 0 Å². The van der Waals surface area contributed by atoms with Gasteiger partial charge < -0.3 is 9.64 Å². The van der Waals surface area contributed by atoms with Crippen molar-refractivity contribution in [3.63, 3.8) is 0 Å². The fourth-order valence-corrected chi connectivity index (χ4v) is 5.79. The molecule has 6 nitrogen and oxygen atoms in total. The van der Waals surface area contributed by atoms with Gasteiger partial charge in [0.1, 0.15) is 5.75 Å². The molecule has 2 aromatic rings. The second kappa shape index (κ2) is 9.41. The molecule has 2 fully saturated rings. The van der Waals surface area contributed by atoms with E-state index in [1.165, 1.54) is 43.9 Å². The lowest BCUT2D eigenvalue weighted by atomic mass is 9.75. The molecule has 1 aliphatic carbocycles. The zero-order chi connectivity index (χ0) is 21.1. The fourth-order valence-electron chi connectivity index (χ4n) is 4.82. The monoisotopic (exact) mass is 428 g/mol. The van der Waals surface area contributed by atoms with Crippen molar-refractivity contribution in [2.24, 2.45) is 11.8 Å². The summed E-state index contributed by atoms with van der Waals surface area (Å²) in [5, 5.41) is 9.65. The molecule has 2 aliphatic rings. The summed E-state index contributed by atoms with van der Waals surface area (Å²) in [4.78, 5) is 15.0. The topological polar surface area (TPSA) is 60.3 Å². The van der Waals surface area contributed by atoms with Crippen LogP contribution in [0.2, 0.25) is 0 Å². The van der Waals surface area contributed by atoms with Crippen LogP contribution in [0.25, 0.3) is 11.4 Å². The molecule has 7 heteroatoms. The van der Waals surface area contributed by atoms with Crippen molar-refractivity contribution in [1.82, 2.24) is 19.7 Å². The van der Waals surface area contributed by atoms with Gasteiger partial charge in [-0.3, -0.25) is 9.36 Å². The molecule has 0 spiro atoms. The number of amides is 1. The van der Waals surface area contributed by atoms with Gasteiger partial charge in [0.15, 0.2) is 11.0 Å². The van der Waals surface area contributed by atoms with Gasteiger partial charge in [0.2, 0.25) is 5.91 Å². The van der Waals surface area contributed by atoms with Crippen molar-refractivity contribution in [3.05, 3.63) is 24.3 Å². The maximum absolute atomic E-state index is 12.9. The van der Waals surface area contributed by atoms with E-state index in [0.717, 1.165) is 41.3 Å². The molecule has 0 bridgehead atoms. The Labute approximate surface area is 183 Å². The van der Waals surface area contributed by atoms with E-state index in [9.17, 15) is 4.79 Å². The summed E-state index contributed by atoms with van der Waals surface area (Å²) in [6.45, 7) is 6.10. The van der Waals surface area contributed by atoms with Gasteiger partial charge in [-0.1, -0.05) is 31.0 Å². The second-order valence-electron chi connectivity index (χ2n) is 8.72. The number of methoxy groups -OCH3 is 1. The molecule has 1 saturated heterocycles. The highest BCUT2D eigenvalue weighted by molar-refractivity contribution is 7.99. The van der Waals surface area contributed by atoms with E-state index >= 15 is 0 Å². The van der Waals surface area contributed by atoms with Crippen LogP contribution in [-0.4, -0.2) is 51.5 Å². The molecule has 1 aromatic heterocycles. The highest BCUT2D eigenvalue weighted by atomic mass is 32.2. The highest BCUT2D eigenvalue weighted by Crippen LogP contribution is 2.36. The maximum atomic E-state index is 12.9. The van der Waals surface area contributed by atoms with Crippen LogP contribution in [0.15, 0.2) is 29.4 Å². The Morgan fingerprint density at radius 3 is 2.57 bits per heavy atom. The predicted molar refractivity (Wildman–Crippen MR) is 120 cm³/mol. The van der Waals surface area contributed by atoms with Gasteiger partial charge in [-0.15, -0.1) is 10.2 Å². The number of piperidine rings is 1. The smallest absolute Gasteiger partial charge is 0.233 e. The van der Waals surface area contributed by atoms with E-state index < -0.39 is 0 Å². The first-order chi connectivity index (χ1) is 14.6. The molecular formula is C23H32N4O2S. The SMILES string of the molecule is COc1ccc(-c2nnc(SCC(=O)N3CC[C@H]4CCCC[C@H]4C3)n2C(C)C)cc1. The first-order valence-electron chi connectivity index (χ1n) is 11.1. The molecule has 1 saturated carbocycles. The number of fused-ring (bicyclic) bond motifs is 1. The lowest BCUT2D eigenvalue weighted by molar-refractivity contribution is -0.131. The zero-order valence-corrected chi connectivity index (χ0v) is 19.0. The fraction of sp³-hybridized carbons (Fsp3) is 0.609. The third kappa shape index (κ3) is 4.51. The van der Waals surface area contributed by atoms with Crippen LogP contribution in [0, 0.1) is 11.8 Å². The summed E-state index contributed by atoms with van der Waals surface area (Å²) in [5.41, 5.74) is 0.995. The summed E-state index contributed by atoms with van der Waals surface area (Å²) in [7, 11) is 1.66. The quantitative estimate of drug-likeness (QED) is 0.626. The number of thioether (sulfide) groups is 1. The standard InChI is InChI=1S/C23H32N4O2S/c1-16(2)27-22(18-8-10-20(29-3)11-9-18)24-25-23(27)30-15-21(28)26-13-12-17-6-4-5-7-19(17)14-26/h8-11,16-17,19H,4-7,12-15H2,1-3H3/t17-,19+/m1/s1. The number of likely N-dealkylation sites (tertiary alicyclic amines) is 1. The van der Waals surface area contributed by atoms with Crippen LogP contribution in [-0.2, 0) is 4.79 Å². The average molecular weight is 429 g/mol. The summed E-state index contributed by atoms with van der Waals surface area (Å²) >= 11 is 1.50. The molecule has 1 amide bonds. The molecule has 0 radical (unpaired) electrons. The zero-order valence-electron chi connectivity index (χ0n) is 18.2. The van der Waals surface area contributed by atoms with Gasteiger partial charge in [0.25, 0.3) is 0 Å². The van der Waals surface area contributed by atoms with E-state index in [4.69, 9.17) is 4.74 Å². The van der Waals surface area contributed by atoms with Crippen molar-refractivity contribution in [1.29, 1.82) is 0 Å². The third-order valence-electron chi connectivity index (χ3n) is 6.50. The third-order valence-corrected chi connectivity index (χ3v) is 7.43. The minimum atomic E-state index is 0.202. The first kappa shape index (κ1) is 21.2. The molecule has 2 atom stereocenters. The van der Waals surface area contributed by atoms with E-state index in [-0.39, 0.29) is 11.9 Å². The van der Waals surface area contributed by atoms with Crippen molar-refractivity contribution >= 4 is 17.7 Å². The molecule has 2 heterocycles. The molecule has 0 unspecified atom stereocenters. The number of carbonyl (C=O) groups excluding carboxylic acids is 1. The van der Waals surface area contributed by atoms with Crippen LogP contribution < -0.4 is 4.74 Å². The van der Waals surface area contributed by atoms with Crippen LogP contribution >= 0.6 is 11.8 Å². The van der Waals surface area contributed by atoms with Crippen molar-refractivity contribution in [2.45, 2.75) is 57.1 Å². The minimum absolute atomic E-state index is 0.202. The highest BCUT2D eigenvalue weighted by Gasteiger charge is 2.33. The molecule has 162 valence electrons. The lowest BCUT2D eigenvalue weighted by Gasteiger charge is -2.41. The number of nitrogens with zero attached hydrogens (tertiary/aromatic N) is 4. The Morgan fingerprint density at radius 2 is 1.87 bits per heavy atom. The number of carbonyl (C=O) groups is 1. The van der Waals surface area contributed by atoms with E-state index in [1.54, 1.807) is 7.11 Å². The molecule has 30 heavy (non-hydrogen) atoms. The molecule has 4 rings (SSSR count). The van der Waals surface area contributed by atoms with Crippen molar-refractivity contribution in [2.75, 3.05) is 26.0 Å². The Kier molecular flexibility index (Phi) is 6.66. The second-order valence-corrected chi connectivity index (χ2v) is 9.66. The number of hydrogen-bond acceptors (Lipinski definition) is 5. The Balaban J connectivity index is 1.43. The molecule has 1 aromatic carbocycles. The Morgan fingerprint density at radius 1 is 1.13 bits per heavy atom. The number of hydrogen-bond donors (Lipinski definition) is 0. The summed E-state index contributed by atoms with van der Waals surface area (Å²) in [6, 6.07) is 8.05. The van der Waals surface area contributed by atoms with Crippen molar-refractivity contribution < 1.29 is 9.53 Å². The first-order valence-corrected chi connectivity index (χ1v) is 12.0. The Bertz CT molecular complexity index is 865. The summed E-state index contributed by atoms with van der Waals surface area (Å²) in [6.07, 6.45) is 6.50. The van der Waals surface area contributed by atoms with Gasteiger partial charge in [0, 0.05) is 24.7 Å². The van der Waals surface area contributed by atoms with E-state index in [2.05, 4.69) is 33.5 Å². The molecular weight excluding hydrogens is 396 g/mol. The summed E-state index contributed by atoms with van der Waals surface area (Å²) in [5.74, 6) is 3.84. The normalized spacial score (nSPS) is 21.5. The van der Waals surface area contributed by atoms with Crippen LogP contribution in [0.4, 0.5) is 0 Å². The molecule has 0 N–H and O–H groups in total. The summed E-state index contributed by atoms with van der Waals surface area (Å²) < 4.78 is 7.37. The number of rotatable bonds is 6. The Hall–Kier alpha value is -2.02. The average Bonchev–Trinajstić information content (AvgIpc) is 3.21. The van der Waals surface area contributed by atoms with E-state index in [1.807, 2.05) is 24.3 Å². The molecule has 1 aliphatic heterocycles. The van der Waals surface area contributed by atoms with Gasteiger partial charge in [-0.25, -0.2) is 0 Å². The van der Waals surface area contributed by atoms with E-state index in [0.29, 0.717) is 11.7 Å². The largest absolute Gasteiger partial charge is 0.497 e. The lowest BCUT2D eigenvalue weighted by Crippen LogP contribution is -2.45. The van der Waals surface area contributed by atoms with Crippen LogP contribution in [0.1, 0.15) is 52.0 Å². The van der Waals surface area contributed by atoms with Crippen LogP contribution in [0.5, 0.6) is 5.75 Å². The van der Waals surface area contributed by atoms with Gasteiger partial charge in [0.05, 0.1) is 12.9 Å². The minimum Gasteiger partial charge on any atom is -0.497 e. The predicted octanol–water partition coefficient (Wildman–Crippen LogP) is 4.67. The maximum Gasteiger partial charge on any atom is 0.233 e. The van der Waals surface area contributed by atoms with Gasteiger partial charge >= 0.3 is 0 Å². The number of ether oxygens (including phenoxy) is 1. The van der Waals surface area contributed by atoms with Crippen LogP contribution in [0.3, 0.4) is 0 Å². The number of benzene rings is 1. The number of aromatic nitrogens is 3. The van der Waals surface area contributed by atoms with Gasteiger partial charge in [-0.05, 0) is 62.8 Å². The van der Waals surface area contributed by atoms with Crippen molar-refractivity contribution in [3.8, 4) is 17.1 Å².